The van der Waals surface area contributed by atoms with E-state index in [4.69, 9.17) is 4.74 Å². The van der Waals surface area contributed by atoms with Crippen LogP contribution >= 0.6 is 0 Å². The highest BCUT2D eigenvalue weighted by atomic mass is 19.1. The summed E-state index contributed by atoms with van der Waals surface area (Å²) in [6, 6.07) is 2.67. The number of halogens is 1. The molecule has 2 unspecified atom stereocenters. The topological polar surface area (TPSA) is 137 Å². The molecule has 3 amide bonds. The van der Waals surface area contributed by atoms with Crippen LogP contribution in [0.3, 0.4) is 0 Å². The quantitative estimate of drug-likeness (QED) is 0.599. The van der Waals surface area contributed by atoms with Crippen LogP contribution < -0.4 is 10.6 Å². The minimum atomic E-state index is -1.08. The largest absolute Gasteiger partial charge is 0.453 e. The third kappa shape index (κ3) is 4.66. The lowest BCUT2D eigenvalue weighted by Gasteiger charge is -2.37. The van der Waals surface area contributed by atoms with E-state index in [9.17, 15) is 24.0 Å². The van der Waals surface area contributed by atoms with Gasteiger partial charge in [-0.05, 0) is 54.1 Å². The molecule has 39 heavy (non-hydrogen) atoms. The number of aromatic nitrogens is 2. The molecule has 3 aliphatic rings. The fourth-order valence-electron chi connectivity index (χ4n) is 6.90. The number of fused-ring (bicyclic) bond motifs is 6. The maximum Gasteiger partial charge on any atom is 0.407 e. The van der Waals surface area contributed by atoms with Crippen molar-refractivity contribution in [1.29, 1.82) is 5.26 Å². The minimum Gasteiger partial charge on any atom is -0.453 e. The van der Waals surface area contributed by atoms with Gasteiger partial charge in [0.2, 0.25) is 11.8 Å². The van der Waals surface area contributed by atoms with E-state index >= 15 is 0 Å². The van der Waals surface area contributed by atoms with E-state index in [1.807, 2.05) is 26.8 Å². The molecule has 0 aromatic carbocycles. The molecular weight excluding hydrogens is 503 g/mol. The number of alkyl halides is 1. The molecule has 3 heterocycles. The van der Waals surface area contributed by atoms with Crippen LogP contribution in [0, 0.1) is 40.4 Å². The average molecular weight is 537 g/mol. The second kappa shape index (κ2) is 10.1. The fourth-order valence-corrected chi connectivity index (χ4v) is 6.90. The summed E-state index contributed by atoms with van der Waals surface area (Å²) >= 11 is 0. The number of carbonyl (C=O) groups is 3. The summed E-state index contributed by atoms with van der Waals surface area (Å²) in [6.07, 6.45) is 4.04. The van der Waals surface area contributed by atoms with Crippen LogP contribution in [0.15, 0.2) is 30.7 Å². The molecule has 0 spiro atoms. The predicted molar refractivity (Wildman–Crippen MR) is 138 cm³/mol. The molecule has 1 saturated heterocycles. The van der Waals surface area contributed by atoms with Crippen molar-refractivity contribution in [3.05, 3.63) is 36.3 Å². The number of amides is 3. The van der Waals surface area contributed by atoms with E-state index in [2.05, 4.69) is 26.7 Å². The van der Waals surface area contributed by atoms with Gasteiger partial charge in [-0.2, -0.15) is 5.26 Å². The Bertz CT molecular complexity index is 1330. The van der Waals surface area contributed by atoms with Crippen LogP contribution in [0.5, 0.6) is 0 Å². The number of nitriles is 1. The van der Waals surface area contributed by atoms with Crippen LogP contribution in [0.2, 0.25) is 0 Å². The van der Waals surface area contributed by atoms with E-state index in [0.717, 1.165) is 5.39 Å². The summed E-state index contributed by atoms with van der Waals surface area (Å²) in [4.78, 5) is 50.2. The van der Waals surface area contributed by atoms with Gasteiger partial charge in [0.1, 0.15) is 24.3 Å². The van der Waals surface area contributed by atoms with Crippen LogP contribution in [0.1, 0.15) is 45.2 Å². The Morgan fingerprint density at radius 2 is 1.97 bits per heavy atom. The van der Waals surface area contributed by atoms with Gasteiger partial charge in [0.05, 0.1) is 18.7 Å². The Morgan fingerprint density at radius 3 is 2.67 bits per heavy atom. The highest BCUT2D eigenvalue weighted by molar-refractivity contribution is 5.93. The number of carbonyl (C=O) groups excluding carboxylic acids is 3. The number of alkyl carbamates (subject to hydrolysis) is 1. The maximum atomic E-state index is 15.0. The smallest absolute Gasteiger partial charge is 0.407 e. The van der Waals surface area contributed by atoms with E-state index < -0.39 is 47.6 Å². The number of nitrogens with one attached hydrogen (secondary N) is 2. The molecule has 2 saturated carbocycles. The Kier molecular flexibility index (Phi) is 6.91. The standard InChI is InChI=1S/C28H33FN6O4/c1-28(2,3)24(34-27(38)39-4)26(37)35-13-18-15-8-16(19(29)9-15)21(18)23(35)25(36)33-20(10-30)17-12-31-11-14-6-5-7-32-22(14)17/h5-7,11-12,15-16,18-21,23-24H,8-9,13H2,1-4H3,(H,33,36)(H,34,38)/t15-,16+,18+,19?,20?,21-,23-,24+/m0/s1. The molecule has 206 valence electrons. The SMILES string of the molecule is COC(=O)N[C@H](C(=O)N1C[C@@H]2[C@@H]3CC(F)[C@@H](C3)[C@@H]2[C@H]1C(=O)NC(C#N)c1cncc2cccnc12)C(C)(C)C. The van der Waals surface area contributed by atoms with Crippen molar-refractivity contribution >= 4 is 28.8 Å². The lowest BCUT2D eigenvalue weighted by molar-refractivity contribution is -0.143. The first-order valence-corrected chi connectivity index (χ1v) is 13.2. The summed E-state index contributed by atoms with van der Waals surface area (Å²) in [5.41, 5.74) is 0.282. The molecule has 3 fully saturated rings. The summed E-state index contributed by atoms with van der Waals surface area (Å²) in [6.45, 7) is 5.72. The zero-order valence-electron chi connectivity index (χ0n) is 22.4. The van der Waals surface area contributed by atoms with Gasteiger partial charge in [-0.25, -0.2) is 9.18 Å². The molecule has 5 rings (SSSR count). The van der Waals surface area contributed by atoms with Crippen molar-refractivity contribution in [2.45, 2.75) is 57.9 Å². The van der Waals surface area contributed by atoms with Gasteiger partial charge >= 0.3 is 6.09 Å². The first-order valence-electron chi connectivity index (χ1n) is 13.2. The number of hydrogen-bond acceptors (Lipinski definition) is 7. The summed E-state index contributed by atoms with van der Waals surface area (Å²) in [5.74, 6) is -1.61. The predicted octanol–water partition coefficient (Wildman–Crippen LogP) is 2.90. The van der Waals surface area contributed by atoms with Crippen molar-refractivity contribution in [2.75, 3.05) is 13.7 Å². The monoisotopic (exact) mass is 536 g/mol. The molecule has 10 nitrogen and oxygen atoms in total. The van der Waals surface area contributed by atoms with Gasteiger partial charge in [-0.1, -0.05) is 20.8 Å². The Labute approximate surface area is 226 Å². The molecular formula is C28H33FN6O4. The van der Waals surface area contributed by atoms with Gasteiger partial charge in [0.15, 0.2) is 0 Å². The van der Waals surface area contributed by atoms with Crippen molar-refractivity contribution in [2.24, 2.45) is 29.1 Å². The van der Waals surface area contributed by atoms with Crippen molar-refractivity contribution in [1.82, 2.24) is 25.5 Å². The summed E-state index contributed by atoms with van der Waals surface area (Å²) in [5, 5.41) is 16.2. The first kappa shape index (κ1) is 26.8. The van der Waals surface area contributed by atoms with E-state index in [0.29, 0.717) is 30.5 Å². The third-order valence-corrected chi connectivity index (χ3v) is 8.65. The molecule has 2 aliphatic carbocycles. The zero-order valence-corrected chi connectivity index (χ0v) is 22.4. The number of nitrogens with zero attached hydrogens (tertiary/aromatic N) is 4. The highest BCUT2D eigenvalue weighted by Gasteiger charge is 2.63. The van der Waals surface area contributed by atoms with E-state index in [-0.39, 0.29) is 23.7 Å². The minimum absolute atomic E-state index is 0.0260. The van der Waals surface area contributed by atoms with E-state index in [1.165, 1.54) is 18.2 Å². The maximum absolute atomic E-state index is 15.0. The summed E-state index contributed by atoms with van der Waals surface area (Å²) < 4.78 is 19.7. The van der Waals surface area contributed by atoms with Crippen molar-refractivity contribution in [3.63, 3.8) is 0 Å². The number of ether oxygens (including phenoxy) is 1. The lowest BCUT2D eigenvalue weighted by atomic mass is 9.77. The lowest BCUT2D eigenvalue weighted by Crippen LogP contribution is -2.59. The molecule has 2 bridgehead atoms. The molecule has 1 aliphatic heterocycles. The van der Waals surface area contributed by atoms with Crippen LogP contribution in [-0.4, -0.2) is 64.7 Å². The zero-order chi connectivity index (χ0) is 28.1. The highest BCUT2D eigenvalue weighted by Crippen LogP contribution is 2.58. The van der Waals surface area contributed by atoms with Gasteiger partial charge in [0, 0.05) is 36.1 Å². The molecule has 2 aromatic heterocycles. The molecule has 2 N–H and O–H groups in total. The van der Waals surface area contributed by atoms with Gasteiger partial charge in [0.25, 0.3) is 0 Å². The third-order valence-electron chi connectivity index (χ3n) is 8.65. The van der Waals surface area contributed by atoms with Crippen molar-refractivity contribution in [3.8, 4) is 6.07 Å². The van der Waals surface area contributed by atoms with Crippen LogP contribution in [0.25, 0.3) is 10.9 Å². The normalized spacial score (nSPS) is 28.9. The number of rotatable bonds is 5. The fraction of sp³-hybridized carbons (Fsp3) is 0.571. The van der Waals surface area contributed by atoms with Crippen LogP contribution in [-0.2, 0) is 14.3 Å². The Balaban J connectivity index is 1.48. The Morgan fingerprint density at radius 1 is 1.21 bits per heavy atom. The molecule has 2 aromatic rings. The van der Waals surface area contributed by atoms with Crippen LogP contribution in [0.4, 0.5) is 9.18 Å². The van der Waals surface area contributed by atoms with Gasteiger partial charge in [-0.15, -0.1) is 0 Å². The molecule has 0 radical (unpaired) electrons. The molecule has 8 atom stereocenters. The second-order valence-electron chi connectivity index (χ2n) is 11.9. The van der Waals surface area contributed by atoms with E-state index in [1.54, 1.807) is 18.5 Å². The average Bonchev–Trinajstić information content (AvgIpc) is 3.59. The summed E-state index contributed by atoms with van der Waals surface area (Å²) in [7, 11) is 1.22. The van der Waals surface area contributed by atoms with Crippen molar-refractivity contribution < 1.29 is 23.5 Å². The van der Waals surface area contributed by atoms with Gasteiger partial charge < -0.3 is 20.3 Å². The number of hydrogen-bond donors (Lipinski definition) is 2. The van der Waals surface area contributed by atoms with Gasteiger partial charge in [-0.3, -0.25) is 19.6 Å². The number of methoxy groups -OCH3 is 1. The molecule has 11 heteroatoms. The number of likely N-dealkylation sites (tertiary alicyclic amines) is 1. The second-order valence-corrected chi connectivity index (χ2v) is 11.9. The first-order chi connectivity index (χ1) is 18.5. The Hall–Kier alpha value is -3.81. The number of pyridine rings is 2.